The second-order valence-electron chi connectivity index (χ2n) is 18.2. The van der Waals surface area contributed by atoms with Crippen molar-refractivity contribution in [1.29, 1.82) is 0 Å². The van der Waals surface area contributed by atoms with Crippen molar-refractivity contribution >= 4 is 80.8 Å². The van der Waals surface area contributed by atoms with Gasteiger partial charge in [0.25, 0.3) is 8.32 Å². The van der Waals surface area contributed by atoms with Crippen LogP contribution < -0.4 is 16.1 Å². The lowest BCUT2D eigenvalue weighted by Crippen LogP contribution is -2.67. The van der Waals surface area contributed by atoms with Crippen molar-refractivity contribution in [2.24, 2.45) is 0 Å². The minimum Gasteiger partial charge on any atom is -0.405 e. The molecule has 6 aromatic rings. The Balaban J connectivity index is 0.000000190. The maximum absolute atomic E-state index is 12.3. The number of hydrogen-bond donors (Lipinski definition) is 4. The number of ether oxygens (including phenoxy) is 6. The molecule has 0 aliphatic carbocycles. The van der Waals surface area contributed by atoms with Crippen LogP contribution in [0.25, 0.3) is 21.8 Å². The SMILES string of the molecule is CC1(C)O[C@H]2[C@@H](O1)C(O)(c1scc3c(N)ncnc13)O[C@@H]2CO.CSc1ncnc2c(C3(O)O[C@H](CO[Si](c4ccccc4)(c4ccccc4)C(C)(C)C)[C@H]4OC(C)(C)O[C@H]43)scc12. The summed E-state index contributed by atoms with van der Waals surface area (Å²) in [7, 11) is -2.84. The van der Waals surface area contributed by atoms with Crippen molar-refractivity contribution in [3.8, 4) is 0 Å². The summed E-state index contributed by atoms with van der Waals surface area (Å²) >= 11 is 4.21. The van der Waals surface area contributed by atoms with Crippen molar-refractivity contribution in [2.75, 3.05) is 25.2 Å². The Bertz CT molecular complexity index is 2590. The monoisotopic (exact) mass is 947 g/mol. The summed E-state index contributed by atoms with van der Waals surface area (Å²) in [6.45, 7) is 13.9. The molecular formula is C45H53N5O10S3Si. The number of aliphatic hydroxyl groups is 3. The van der Waals surface area contributed by atoms with Gasteiger partial charge in [-0.25, -0.2) is 19.9 Å². The van der Waals surface area contributed by atoms with Crippen LogP contribution in [0.15, 0.2) is 89.1 Å². The van der Waals surface area contributed by atoms with E-state index < -0.39 is 68.1 Å². The third kappa shape index (κ3) is 7.60. The normalized spacial score (nSPS) is 29.5. The molecule has 0 radical (unpaired) electrons. The molecule has 4 aliphatic rings. The van der Waals surface area contributed by atoms with Gasteiger partial charge in [-0.3, -0.25) is 0 Å². The number of aliphatic hydroxyl groups excluding tert-OH is 1. The molecule has 19 heteroatoms. The van der Waals surface area contributed by atoms with Crippen LogP contribution in [0.1, 0.15) is 58.2 Å². The van der Waals surface area contributed by atoms with E-state index in [-0.39, 0.29) is 18.3 Å². The molecule has 8 atom stereocenters. The van der Waals surface area contributed by atoms with E-state index in [9.17, 15) is 15.3 Å². The van der Waals surface area contributed by atoms with E-state index in [1.165, 1.54) is 45.7 Å². The fourth-order valence-corrected chi connectivity index (χ4v) is 16.8. The van der Waals surface area contributed by atoms with E-state index in [0.29, 0.717) is 32.0 Å². The molecule has 10 rings (SSSR count). The number of rotatable bonds is 9. The number of anilines is 1. The Kier molecular flexibility index (Phi) is 11.9. The average Bonchev–Trinajstić information content (AvgIpc) is 4.11. The summed E-state index contributed by atoms with van der Waals surface area (Å²) in [6, 6.07) is 21.0. The topological polar surface area (TPSA) is 203 Å². The summed E-state index contributed by atoms with van der Waals surface area (Å²) in [5.41, 5.74) is 7.03. The highest BCUT2D eigenvalue weighted by atomic mass is 32.2. The number of nitrogens with zero attached hydrogens (tertiary/aromatic N) is 4. The lowest BCUT2D eigenvalue weighted by atomic mass is 10.0. The zero-order valence-corrected chi connectivity index (χ0v) is 40.2. The molecule has 2 aromatic carbocycles. The number of fused-ring (bicyclic) bond motifs is 4. The van der Waals surface area contributed by atoms with Gasteiger partial charge in [-0.2, -0.15) is 0 Å². The second kappa shape index (κ2) is 16.7. The van der Waals surface area contributed by atoms with Gasteiger partial charge in [-0.15, -0.1) is 34.4 Å². The molecule has 0 bridgehead atoms. The number of thiophene rings is 2. The molecule has 2 unspecified atom stereocenters. The minimum atomic E-state index is -2.84. The molecule has 4 aliphatic heterocycles. The van der Waals surface area contributed by atoms with Gasteiger partial charge in [0.2, 0.25) is 11.6 Å². The summed E-state index contributed by atoms with van der Waals surface area (Å²) in [5.74, 6) is -4.96. The fourth-order valence-electron chi connectivity index (χ4n) is 9.45. The molecule has 8 heterocycles. The lowest BCUT2D eigenvalue weighted by Gasteiger charge is -2.43. The highest BCUT2D eigenvalue weighted by molar-refractivity contribution is 7.98. The van der Waals surface area contributed by atoms with Crippen LogP contribution in [0, 0.1) is 0 Å². The second-order valence-corrected chi connectivity index (χ2v) is 25.1. The van der Waals surface area contributed by atoms with Crippen LogP contribution in [-0.2, 0) is 44.4 Å². The highest BCUT2D eigenvalue weighted by Gasteiger charge is 2.66. The van der Waals surface area contributed by atoms with Crippen LogP contribution in [0.3, 0.4) is 0 Å². The molecule has 15 nitrogen and oxygen atoms in total. The predicted molar refractivity (Wildman–Crippen MR) is 247 cm³/mol. The number of hydrogen-bond acceptors (Lipinski definition) is 18. The van der Waals surface area contributed by atoms with Crippen LogP contribution in [0.2, 0.25) is 5.04 Å². The third-order valence-corrected chi connectivity index (χ3v) is 20.0. The first-order chi connectivity index (χ1) is 30.4. The molecule has 4 saturated heterocycles. The van der Waals surface area contributed by atoms with E-state index in [1.54, 1.807) is 31.0 Å². The van der Waals surface area contributed by atoms with Crippen molar-refractivity contribution < 1.29 is 48.2 Å². The standard InChI is InChI=1S/C31H36N2O5S2Si.C14H17N3O5S/c1-29(2,3)41(20-13-9-7-10-14-20,21-15-11-8-12-16-21)35-17-23-25-26(38-30(4,5)37-25)31(34,36-23)27-24-22(18-40-27)28(39-6)33-19-32-24;1-13(2)21-9-7(3-18)20-14(19,10(9)22-13)11-8-6(4-23-11)12(15)17-5-16-8/h7-16,18-19,23,25-26,34H,17H2,1-6H3;4-5,7,9-10,18-19H,3H2,1-2H3,(H2,15,16,17)/t23-,25-,26-,31?;7-,9-,10-,14?/m11/s1. The van der Waals surface area contributed by atoms with Gasteiger partial charge < -0.3 is 53.9 Å². The van der Waals surface area contributed by atoms with Crippen LogP contribution in [0.4, 0.5) is 5.82 Å². The smallest absolute Gasteiger partial charge is 0.261 e. The number of nitrogens with two attached hydrogens (primary N) is 1. The minimum absolute atomic E-state index is 0.203. The van der Waals surface area contributed by atoms with Crippen LogP contribution in [0.5, 0.6) is 0 Å². The van der Waals surface area contributed by atoms with Gasteiger partial charge in [0.1, 0.15) is 60.1 Å². The summed E-state index contributed by atoms with van der Waals surface area (Å²) < 4.78 is 43.8. The maximum Gasteiger partial charge on any atom is 0.261 e. The number of benzene rings is 2. The molecular weight excluding hydrogens is 895 g/mol. The predicted octanol–water partition coefficient (Wildman–Crippen LogP) is 5.38. The molecule has 4 aromatic heterocycles. The zero-order valence-electron chi connectivity index (χ0n) is 36.8. The average molecular weight is 948 g/mol. The Morgan fingerprint density at radius 1 is 0.703 bits per heavy atom. The molecule has 64 heavy (non-hydrogen) atoms. The van der Waals surface area contributed by atoms with E-state index in [4.69, 9.17) is 38.6 Å². The first-order valence-electron chi connectivity index (χ1n) is 21.0. The Hall–Kier alpha value is -3.51. The van der Waals surface area contributed by atoms with E-state index in [2.05, 4.69) is 89.2 Å². The van der Waals surface area contributed by atoms with Crippen LogP contribution in [-0.4, -0.2) is 111 Å². The maximum atomic E-state index is 12.3. The van der Waals surface area contributed by atoms with E-state index in [0.717, 1.165) is 10.4 Å². The quantitative estimate of drug-likeness (QED) is 0.0816. The number of aromatic nitrogens is 4. The van der Waals surface area contributed by atoms with Crippen LogP contribution >= 0.6 is 34.4 Å². The first-order valence-corrected chi connectivity index (χ1v) is 25.9. The van der Waals surface area contributed by atoms with Gasteiger partial charge in [0.15, 0.2) is 11.6 Å². The van der Waals surface area contributed by atoms with E-state index >= 15 is 0 Å². The molecule has 0 saturated carbocycles. The Morgan fingerprint density at radius 3 is 1.70 bits per heavy atom. The largest absolute Gasteiger partial charge is 0.405 e. The third-order valence-electron chi connectivity index (χ3n) is 12.1. The molecule has 5 N–H and O–H groups in total. The number of nitrogen functional groups attached to an aromatic ring is 1. The van der Waals surface area contributed by atoms with Gasteiger partial charge in [0, 0.05) is 16.1 Å². The molecule has 4 fully saturated rings. The molecule has 0 spiro atoms. The van der Waals surface area contributed by atoms with E-state index in [1.807, 2.05) is 37.6 Å². The van der Waals surface area contributed by atoms with Gasteiger partial charge in [-0.1, -0.05) is 81.4 Å². The Morgan fingerprint density at radius 2 is 1.19 bits per heavy atom. The van der Waals surface area contributed by atoms with Gasteiger partial charge >= 0.3 is 0 Å². The lowest BCUT2D eigenvalue weighted by molar-refractivity contribution is -0.281. The summed E-state index contributed by atoms with van der Waals surface area (Å²) in [5, 5.41) is 41.3. The molecule has 340 valence electrons. The molecule has 0 amide bonds. The zero-order chi connectivity index (χ0) is 45.5. The van der Waals surface area contributed by atoms with Gasteiger partial charge in [-0.05, 0) is 49.4 Å². The van der Waals surface area contributed by atoms with Crippen molar-refractivity contribution in [1.82, 2.24) is 19.9 Å². The van der Waals surface area contributed by atoms with Crippen molar-refractivity contribution in [2.45, 2.75) is 118 Å². The van der Waals surface area contributed by atoms with Crippen molar-refractivity contribution in [3.63, 3.8) is 0 Å². The summed E-state index contributed by atoms with van der Waals surface area (Å²) in [6.07, 6.45) is 0.944. The van der Waals surface area contributed by atoms with Gasteiger partial charge in [0.05, 0.1) is 39.4 Å². The first kappa shape index (κ1) is 45.6. The Labute approximate surface area is 384 Å². The number of thioether (sulfide) groups is 1. The summed E-state index contributed by atoms with van der Waals surface area (Å²) in [4.78, 5) is 18.1. The highest BCUT2D eigenvalue weighted by Crippen LogP contribution is 2.53. The van der Waals surface area contributed by atoms with Crippen molar-refractivity contribution in [3.05, 3.63) is 93.8 Å². The fraction of sp³-hybridized carbons (Fsp3) is 0.467.